The first-order valence-corrected chi connectivity index (χ1v) is 10.2. The Hall–Kier alpha value is -3.57. The van der Waals surface area contributed by atoms with E-state index in [4.69, 9.17) is 4.74 Å². The number of phenols is 2. The molecular weight excluding hydrogens is 396 g/mol. The van der Waals surface area contributed by atoms with Gasteiger partial charge in [-0.1, -0.05) is 18.7 Å². The SMILES string of the molecule is C=COc1ccc(-c2c(C(=O)c3c(C)cc(O)cc3C)sc3cc(O)ccc23)cc1. The number of fused-ring (bicyclic) bond motifs is 1. The molecule has 0 bridgehead atoms. The number of carbonyl (C=O) groups excluding carboxylic acids is 1. The number of thiophene rings is 1. The molecule has 2 N–H and O–H groups in total. The van der Waals surface area contributed by atoms with E-state index in [9.17, 15) is 15.0 Å². The monoisotopic (exact) mass is 416 g/mol. The lowest BCUT2D eigenvalue weighted by Crippen LogP contribution is -2.06. The van der Waals surface area contributed by atoms with Gasteiger partial charge in [0.2, 0.25) is 5.78 Å². The van der Waals surface area contributed by atoms with Gasteiger partial charge in [0.05, 0.1) is 11.1 Å². The number of ether oxygens (including phenoxy) is 1. The fraction of sp³-hybridized carbons (Fsp3) is 0.0800. The number of hydrogen-bond acceptors (Lipinski definition) is 5. The third kappa shape index (κ3) is 3.44. The van der Waals surface area contributed by atoms with Crippen molar-refractivity contribution in [2.45, 2.75) is 13.8 Å². The summed E-state index contributed by atoms with van der Waals surface area (Å²) in [4.78, 5) is 14.2. The summed E-state index contributed by atoms with van der Waals surface area (Å²) in [5, 5.41) is 20.7. The summed E-state index contributed by atoms with van der Waals surface area (Å²) in [7, 11) is 0. The first kappa shape index (κ1) is 19.7. The quantitative estimate of drug-likeness (QED) is 0.294. The van der Waals surface area contributed by atoms with Gasteiger partial charge in [-0.3, -0.25) is 4.79 Å². The Bertz CT molecular complexity index is 1260. The highest BCUT2D eigenvalue weighted by molar-refractivity contribution is 7.21. The Labute approximate surface area is 178 Å². The average molecular weight is 416 g/mol. The van der Waals surface area contributed by atoms with E-state index in [0.717, 1.165) is 32.3 Å². The van der Waals surface area contributed by atoms with Crippen molar-refractivity contribution in [3.8, 4) is 28.4 Å². The fourth-order valence-electron chi connectivity index (χ4n) is 3.74. The van der Waals surface area contributed by atoms with Crippen LogP contribution in [0.15, 0.2) is 67.4 Å². The molecule has 4 aromatic rings. The summed E-state index contributed by atoms with van der Waals surface area (Å²) >= 11 is 1.35. The highest BCUT2D eigenvalue weighted by Crippen LogP contribution is 2.42. The van der Waals surface area contributed by atoms with Crippen molar-refractivity contribution >= 4 is 27.2 Å². The second-order valence-corrected chi connectivity index (χ2v) is 8.13. The normalized spacial score (nSPS) is 10.9. The number of carbonyl (C=O) groups is 1. The predicted octanol–water partition coefficient (Wildman–Crippen LogP) is 6.35. The topological polar surface area (TPSA) is 66.8 Å². The van der Waals surface area contributed by atoms with Crippen molar-refractivity contribution in [1.82, 2.24) is 0 Å². The molecule has 0 spiro atoms. The van der Waals surface area contributed by atoms with Crippen LogP contribution in [0.5, 0.6) is 17.2 Å². The Morgan fingerprint density at radius 1 is 0.967 bits per heavy atom. The van der Waals surface area contributed by atoms with Gasteiger partial charge in [-0.2, -0.15) is 0 Å². The molecule has 5 heteroatoms. The van der Waals surface area contributed by atoms with Crippen molar-refractivity contribution < 1.29 is 19.7 Å². The maximum Gasteiger partial charge on any atom is 0.204 e. The van der Waals surface area contributed by atoms with Crippen LogP contribution in [0.4, 0.5) is 0 Å². The lowest BCUT2D eigenvalue weighted by Gasteiger charge is -2.11. The molecule has 4 nitrogen and oxygen atoms in total. The van der Waals surface area contributed by atoms with Crippen molar-refractivity contribution in [3.05, 3.63) is 89.0 Å². The van der Waals surface area contributed by atoms with Crippen molar-refractivity contribution in [2.75, 3.05) is 0 Å². The highest BCUT2D eigenvalue weighted by Gasteiger charge is 2.24. The molecule has 0 saturated heterocycles. The van der Waals surface area contributed by atoms with Gasteiger partial charge in [0.1, 0.15) is 17.2 Å². The summed E-state index contributed by atoms with van der Waals surface area (Å²) < 4.78 is 6.14. The number of ketones is 1. The Morgan fingerprint density at radius 2 is 1.63 bits per heavy atom. The van der Waals surface area contributed by atoms with Crippen LogP contribution in [-0.4, -0.2) is 16.0 Å². The van der Waals surface area contributed by atoms with Gasteiger partial charge >= 0.3 is 0 Å². The lowest BCUT2D eigenvalue weighted by molar-refractivity contribution is 0.104. The third-order valence-electron chi connectivity index (χ3n) is 4.99. The highest BCUT2D eigenvalue weighted by atomic mass is 32.1. The number of phenolic OH excluding ortho intramolecular Hbond substituents is 2. The summed E-state index contributed by atoms with van der Waals surface area (Å²) in [6.07, 6.45) is 1.36. The molecule has 1 aromatic heterocycles. The molecule has 0 aliphatic heterocycles. The van der Waals surface area contributed by atoms with Crippen LogP contribution in [0.25, 0.3) is 21.2 Å². The van der Waals surface area contributed by atoms with E-state index < -0.39 is 0 Å². The van der Waals surface area contributed by atoms with Crippen molar-refractivity contribution in [2.24, 2.45) is 0 Å². The first-order valence-electron chi connectivity index (χ1n) is 9.37. The Morgan fingerprint density at radius 3 is 2.27 bits per heavy atom. The van der Waals surface area contributed by atoms with E-state index >= 15 is 0 Å². The second-order valence-electron chi connectivity index (χ2n) is 7.08. The molecule has 30 heavy (non-hydrogen) atoms. The van der Waals surface area contributed by atoms with Crippen molar-refractivity contribution in [1.29, 1.82) is 0 Å². The second kappa shape index (κ2) is 7.69. The van der Waals surface area contributed by atoms with Crippen LogP contribution in [0.2, 0.25) is 0 Å². The number of aryl methyl sites for hydroxylation is 2. The number of hydrogen-bond donors (Lipinski definition) is 2. The molecule has 0 radical (unpaired) electrons. The van der Waals surface area contributed by atoms with Crippen LogP contribution in [0.1, 0.15) is 26.4 Å². The minimum Gasteiger partial charge on any atom is -0.508 e. The minimum absolute atomic E-state index is 0.105. The summed E-state index contributed by atoms with van der Waals surface area (Å²) in [5.74, 6) is 0.845. The van der Waals surface area contributed by atoms with E-state index in [1.165, 1.54) is 17.6 Å². The molecular formula is C25H20O4S. The Balaban J connectivity index is 1.95. The molecule has 4 rings (SSSR count). The van der Waals surface area contributed by atoms with Crippen LogP contribution in [0.3, 0.4) is 0 Å². The minimum atomic E-state index is -0.105. The zero-order valence-electron chi connectivity index (χ0n) is 16.6. The molecule has 0 aliphatic rings. The van der Waals surface area contributed by atoms with Gasteiger partial charge in [0.25, 0.3) is 0 Å². The van der Waals surface area contributed by atoms with Gasteiger partial charge in [-0.25, -0.2) is 0 Å². The summed E-state index contributed by atoms with van der Waals surface area (Å²) in [6, 6.07) is 15.8. The lowest BCUT2D eigenvalue weighted by atomic mass is 9.93. The van der Waals surface area contributed by atoms with Crippen LogP contribution in [-0.2, 0) is 0 Å². The zero-order valence-corrected chi connectivity index (χ0v) is 17.4. The molecule has 0 atom stereocenters. The number of benzene rings is 3. The van der Waals surface area contributed by atoms with Crippen LogP contribution >= 0.6 is 11.3 Å². The third-order valence-corrected chi connectivity index (χ3v) is 6.14. The summed E-state index contributed by atoms with van der Waals surface area (Å²) in [6.45, 7) is 7.20. The van der Waals surface area contributed by atoms with E-state index in [-0.39, 0.29) is 17.3 Å². The predicted molar refractivity (Wildman–Crippen MR) is 121 cm³/mol. The fourth-order valence-corrected chi connectivity index (χ4v) is 4.94. The van der Waals surface area contributed by atoms with E-state index in [1.54, 1.807) is 24.3 Å². The number of aromatic hydroxyl groups is 2. The Kier molecular flexibility index (Phi) is 5.06. The van der Waals surface area contributed by atoms with Gasteiger partial charge in [0, 0.05) is 21.2 Å². The van der Waals surface area contributed by atoms with E-state index in [1.807, 2.05) is 44.2 Å². The molecule has 150 valence electrons. The molecule has 0 amide bonds. The maximum absolute atomic E-state index is 13.6. The first-order chi connectivity index (χ1) is 14.4. The van der Waals surface area contributed by atoms with Crippen LogP contribution in [0, 0.1) is 13.8 Å². The van der Waals surface area contributed by atoms with E-state index in [0.29, 0.717) is 16.2 Å². The standard InChI is InChI=1S/C25H20O4S/c1-4-29-19-8-5-16(6-9-19)23-20-10-7-17(26)13-21(20)30-25(23)24(28)22-14(2)11-18(27)12-15(22)3/h4-13,26-27H,1H2,2-3H3. The van der Waals surface area contributed by atoms with Crippen molar-refractivity contribution in [3.63, 3.8) is 0 Å². The zero-order chi connectivity index (χ0) is 21.4. The van der Waals surface area contributed by atoms with Crippen LogP contribution < -0.4 is 4.74 Å². The van der Waals surface area contributed by atoms with Gasteiger partial charge in [0.15, 0.2) is 0 Å². The summed E-state index contributed by atoms with van der Waals surface area (Å²) in [5.41, 5.74) is 3.71. The van der Waals surface area contributed by atoms with Gasteiger partial charge in [-0.15, -0.1) is 11.3 Å². The average Bonchev–Trinajstić information content (AvgIpc) is 3.06. The molecule has 3 aromatic carbocycles. The molecule has 1 heterocycles. The molecule has 0 fully saturated rings. The maximum atomic E-state index is 13.6. The largest absolute Gasteiger partial charge is 0.508 e. The molecule has 0 aliphatic carbocycles. The van der Waals surface area contributed by atoms with Gasteiger partial charge in [-0.05, 0) is 73.0 Å². The molecule has 0 saturated carbocycles. The smallest absolute Gasteiger partial charge is 0.204 e. The molecule has 0 unspecified atom stereocenters. The van der Waals surface area contributed by atoms with E-state index in [2.05, 4.69) is 6.58 Å². The van der Waals surface area contributed by atoms with Gasteiger partial charge < -0.3 is 14.9 Å². The number of rotatable bonds is 5.